The van der Waals surface area contributed by atoms with Crippen LogP contribution in [-0.4, -0.2) is 182 Å². The maximum Gasteiger partial charge on any atom is 0.187 e. The standard InChI is InChI=1S/C40H66O17/c1-16(26-23(43)13-22-20-7-6-18-12-19(42)8-10-39(18,3)21(20)9-11-40(22,26)4)53-38-35(34(51-5)27(44)17(2)54-38)57-37-33(50)31(48)29(46)25(56-37)15-52-36-32(49)30(47)28(45)24(14-41)55-36/h6,16-17,19-38,41-50H,7-15H2,1-5H3/t16-,17-,19+,20-,21+,22+,23+,24-,25-,26+,27+,28-,29-,30+,31+,32-,33-,34+,35-,36-,37+,38-,39+,40+/m1/s1. The Morgan fingerprint density at radius 2 is 1.44 bits per heavy atom. The van der Waals surface area contributed by atoms with Crippen LogP contribution in [0.25, 0.3) is 0 Å². The smallest absolute Gasteiger partial charge is 0.187 e. The van der Waals surface area contributed by atoms with Gasteiger partial charge >= 0.3 is 0 Å². The molecule has 4 aliphatic carbocycles. The zero-order valence-corrected chi connectivity index (χ0v) is 33.5. The van der Waals surface area contributed by atoms with E-state index in [4.69, 9.17) is 33.2 Å². The van der Waals surface area contributed by atoms with E-state index in [0.717, 1.165) is 38.5 Å². The minimum absolute atomic E-state index is 0.0434. The fourth-order valence-corrected chi connectivity index (χ4v) is 12.1. The van der Waals surface area contributed by atoms with Gasteiger partial charge in [0.15, 0.2) is 18.9 Å². The lowest BCUT2D eigenvalue weighted by atomic mass is 9.47. The zero-order chi connectivity index (χ0) is 41.3. The van der Waals surface area contributed by atoms with Gasteiger partial charge in [0.1, 0.15) is 67.1 Å². The molecule has 7 rings (SSSR count). The summed E-state index contributed by atoms with van der Waals surface area (Å²) in [6.07, 6.45) is -15.0. The van der Waals surface area contributed by atoms with Crippen LogP contribution in [0.3, 0.4) is 0 Å². The van der Waals surface area contributed by atoms with Crippen LogP contribution in [0.5, 0.6) is 0 Å². The Morgan fingerprint density at radius 3 is 2.12 bits per heavy atom. The molecule has 0 radical (unpaired) electrons. The first kappa shape index (κ1) is 44.1. The summed E-state index contributed by atoms with van der Waals surface area (Å²) in [5.74, 6) is 0.826. The molecule has 6 fully saturated rings. The van der Waals surface area contributed by atoms with E-state index < -0.39 is 118 Å². The molecule has 0 spiro atoms. The molecule has 0 aromatic rings. The number of methoxy groups -OCH3 is 1. The number of ether oxygens (including phenoxy) is 7. The highest BCUT2D eigenvalue weighted by Crippen LogP contribution is 2.67. The third kappa shape index (κ3) is 7.79. The average molecular weight is 819 g/mol. The van der Waals surface area contributed by atoms with Gasteiger partial charge in [0.25, 0.3) is 0 Å². The average Bonchev–Trinajstić information content (AvgIpc) is 3.46. The van der Waals surface area contributed by atoms with E-state index in [9.17, 15) is 51.1 Å². The van der Waals surface area contributed by atoms with Crippen LogP contribution in [0.15, 0.2) is 11.6 Å². The minimum Gasteiger partial charge on any atom is -0.394 e. The van der Waals surface area contributed by atoms with Crippen molar-refractivity contribution in [2.45, 2.75) is 183 Å². The maximum atomic E-state index is 11.8. The normalized spacial score (nSPS) is 54.6. The molecule has 57 heavy (non-hydrogen) atoms. The van der Waals surface area contributed by atoms with Crippen molar-refractivity contribution in [2.75, 3.05) is 20.3 Å². The van der Waals surface area contributed by atoms with E-state index >= 15 is 0 Å². The van der Waals surface area contributed by atoms with Gasteiger partial charge in [0.2, 0.25) is 0 Å². The fraction of sp³-hybridized carbons (Fsp3) is 0.950. The van der Waals surface area contributed by atoms with Gasteiger partial charge in [-0.3, -0.25) is 0 Å². The van der Waals surface area contributed by atoms with Crippen molar-refractivity contribution in [1.29, 1.82) is 0 Å². The Bertz CT molecular complexity index is 1400. The minimum atomic E-state index is -1.81. The van der Waals surface area contributed by atoms with Gasteiger partial charge in [-0.25, -0.2) is 0 Å². The van der Waals surface area contributed by atoms with E-state index in [1.165, 1.54) is 12.7 Å². The lowest BCUT2D eigenvalue weighted by Gasteiger charge is -2.58. The van der Waals surface area contributed by atoms with Crippen molar-refractivity contribution < 1.29 is 84.2 Å². The predicted molar refractivity (Wildman–Crippen MR) is 196 cm³/mol. The third-order valence-electron chi connectivity index (χ3n) is 15.3. The van der Waals surface area contributed by atoms with Crippen molar-refractivity contribution >= 4 is 0 Å². The summed E-state index contributed by atoms with van der Waals surface area (Å²) >= 11 is 0. The van der Waals surface area contributed by atoms with Crippen LogP contribution >= 0.6 is 0 Å². The highest BCUT2D eigenvalue weighted by atomic mass is 16.8. The van der Waals surface area contributed by atoms with Crippen LogP contribution in [0.1, 0.15) is 72.6 Å². The molecule has 3 saturated heterocycles. The van der Waals surface area contributed by atoms with Gasteiger partial charge in [-0.2, -0.15) is 0 Å². The molecule has 0 aromatic heterocycles. The molecule has 3 saturated carbocycles. The molecule has 24 atom stereocenters. The summed E-state index contributed by atoms with van der Waals surface area (Å²) in [7, 11) is 1.37. The Labute approximate surface area is 333 Å². The van der Waals surface area contributed by atoms with Gasteiger partial charge in [-0.05, 0) is 87.4 Å². The summed E-state index contributed by atoms with van der Waals surface area (Å²) in [4.78, 5) is 0. The third-order valence-corrected chi connectivity index (χ3v) is 15.3. The van der Waals surface area contributed by atoms with Crippen LogP contribution in [-0.2, 0) is 33.2 Å². The summed E-state index contributed by atoms with van der Waals surface area (Å²) in [6.45, 7) is 6.93. The van der Waals surface area contributed by atoms with Crippen molar-refractivity contribution in [3.8, 4) is 0 Å². The number of hydrogen-bond acceptors (Lipinski definition) is 17. The predicted octanol–water partition coefficient (Wildman–Crippen LogP) is -1.57. The van der Waals surface area contributed by atoms with Crippen molar-refractivity contribution in [3.05, 3.63) is 11.6 Å². The molecule has 0 bridgehead atoms. The largest absolute Gasteiger partial charge is 0.394 e. The number of fused-ring (bicyclic) bond motifs is 5. The summed E-state index contributed by atoms with van der Waals surface area (Å²) in [6, 6.07) is 0. The lowest BCUT2D eigenvalue weighted by Crippen LogP contribution is -2.65. The molecule has 0 aromatic carbocycles. The molecule has 10 N–H and O–H groups in total. The fourth-order valence-electron chi connectivity index (χ4n) is 12.1. The number of rotatable bonds is 10. The second-order valence-electron chi connectivity index (χ2n) is 18.4. The molecule has 3 heterocycles. The van der Waals surface area contributed by atoms with Crippen LogP contribution in [0.4, 0.5) is 0 Å². The van der Waals surface area contributed by atoms with E-state index in [2.05, 4.69) is 19.9 Å². The van der Waals surface area contributed by atoms with E-state index in [1.807, 2.05) is 6.92 Å². The van der Waals surface area contributed by atoms with Gasteiger partial charge in [-0.1, -0.05) is 25.5 Å². The number of hydrogen-bond donors (Lipinski definition) is 10. The van der Waals surface area contributed by atoms with Crippen molar-refractivity contribution in [2.24, 2.45) is 34.5 Å². The maximum absolute atomic E-state index is 11.8. The Hall–Kier alpha value is -0.940. The first-order valence-electron chi connectivity index (χ1n) is 20.8. The monoisotopic (exact) mass is 818 g/mol. The van der Waals surface area contributed by atoms with E-state index in [-0.39, 0.29) is 28.8 Å². The summed E-state index contributed by atoms with van der Waals surface area (Å²) < 4.78 is 41.7. The lowest BCUT2D eigenvalue weighted by molar-refractivity contribution is -0.376. The first-order valence-corrected chi connectivity index (χ1v) is 20.8. The first-order chi connectivity index (χ1) is 26.9. The quantitative estimate of drug-likeness (QED) is 0.112. The molecular weight excluding hydrogens is 752 g/mol. The highest BCUT2D eigenvalue weighted by molar-refractivity contribution is 5.26. The highest BCUT2D eigenvalue weighted by Gasteiger charge is 2.63. The molecule has 7 aliphatic rings. The Balaban J connectivity index is 1.06. The topological polar surface area (TPSA) is 267 Å². The zero-order valence-electron chi connectivity index (χ0n) is 33.5. The molecular formula is C40H66O17. The number of allylic oxidation sites excluding steroid dienone is 1. The van der Waals surface area contributed by atoms with Crippen molar-refractivity contribution in [3.63, 3.8) is 0 Å². The van der Waals surface area contributed by atoms with E-state index in [1.54, 1.807) is 6.92 Å². The molecule has 17 heteroatoms. The Morgan fingerprint density at radius 1 is 0.772 bits per heavy atom. The number of aliphatic hydroxyl groups is 10. The second kappa shape index (κ2) is 17.1. The van der Waals surface area contributed by atoms with Crippen LogP contribution < -0.4 is 0 Å². The molecule has 3 aliphatic heterocycles. The van der Waals surface area contributed by atoms with Crippen molar-refractivity contribution in [1.82, 2.24) is 0 Å². The Kier molecular flexibility index (Phi) is 13.2. The SMILES string of the molecule is CO[C@H]1[C@@H](O)[C@@H](C)O[C@@H](O[C@H](C)[C@H]2[C@@H](O)C[C@H]3[C@@H]4CC=C5C[C@@H](O)CC[C@]5(C)[C@H]4CC[C@]23C)[C@@H]1O[C@@H]1O[C@H](CO[C@@H]2O[C@H](CO)[C@@H](O)[C@H](O)[C@H]2O)[C@@H](O)[C@H](O)[C@H]1O. The summed E-state index contributed by atoms with van der Waals surface area (Å²) in [5.41, 5.74) is 1.16. The van der Waals surface area contributed by atoms with Gasteiger partial charge < -0.3 is 84.2 Å². The molecule has 17 nitrogen and oxygen atoms in total. The summed E-state index contributed by atoms with van der Waals surface area (Å²) in [5, 5.41) is 106. The second-order valence-corrected chi connectivity index (χ2v) is 18.4. The van der Waals surface area contributed by atoms with Gasteiger partial charge in [0, 0.05) is 13.0 Å². The van der Waals surface area contributed by atoms with E-state index in [0.29, 0.717) is 18.3 Å². The number of aliphatic hydroxyl groups excluding tert-OH is 10. The van der Waals surface area contributed by atoms with Gasteiger partial charge in [-0.15, -0.1) is 0 Å². The van der Waals surface area contributed by atoms with Crippen LogP contribution in [0.2, 0.25) is 0 Å². The van der Waals surface area contributed by atoms with Crippen LogP contribution in [0, 0.1) is 34.5 Å². The molecule has 0 unspecified atom stereocenters. The molecule has 328 valence electrons. The van der Waals surface area contributed by atoms with Gasteiger partial charge in [0.05, 0.1) is 37.6 Å². The molecule has 0 amide bonds.